The van der Waals surface area contributed by atoms with E-state index in [0.717, 1.165) is 44.4 Å². The lowest BCUT2D eigenvalue weighted by atomic mass is 9.99. The van der Waals surface area contributed by atoms with E-state index in [0.29, 0.717) is 5.95 Å². The Hall–Kier alpha value is -7.47. The molecule has 0 N–H and O–H groups in total. The second-order valence-corrected chi connectivity index (χ2v) is 16.1. The van der Waals surface area contributed by atoms with Gasteiger partial charge in [-0.05, 0) is 93.7 Å². The van der Waals surface area contributed by atoms with Crippen molar-refractivity contribution in [2.75, 3.05) is 4.90 Å². The van der Waals surface area contributed by atoms with E-state index in [9.17, 15) is 0 Å². The Morgan fingerprint density at radius 1 is 0.390 bits per heavy atom. The average molecular weight is 771 g/mol. The average Bonchev–Trinajstić information content (AvgIpc) is 3.65. The quantitative estimate of drug-likeness (QED) is 0.175. The summed E-state index contributed by atoms with van der Waals surface area (Å²) < 4.78 is 2.26. The van der Waals surface area contributed by atoms with Crippen molar-refractivity contribution in [1.29, 1.82) is 0 Å². The molecule has 0 atom stereocenters. The van der Waals surface area contributed by atoms with Gasteiger partial charge in [-0.2, -0.15) is 0 Å². The van der Waals surface area contributed by atoms with E-state index in [1.807, 2.05) is 11.8 Å². The lowest BCUT2D eigenvalue weighted by Gasteiger charge is -2.33. The number of anilines is 3. The maximum absolute atomic E-state index is 5.42. The summed E-state index contributed by atoms with van der Waals surface area (Å²) in [5.41, 5.74) is 13.3. The monoisotopic (exact) mass is 770 g/mol. The van der Waals surface area contributed by atoms with E-state index in [1.54, 1.807) is 0 Å². The van der Waals surface area contributed by atoms with E-state index < -0.39 is 0 Å². The molecule has 1 aliphatic rings. The predicted molar refractivity (Wildman–Crippen MR) is 246 cm³/mol. The molecule has 276 valence electrons. The van der Waals surface area contributed by atoms with Crippen molar-refractivity contribution >= 4 is 72.3 Å². The van der Waals surface area contributed by atoms with E-state index in [4.69, 9.17) is 9.97 Å². The molecule has 9 aromatic carbocycles. The molecular weight excluding hydrogens is 737 g/mol. The van der Waals surface area contributed by atoms with Crippen LogP contribution in [0.1, 0.15) is 0 Å². The fourth-order valence-electron chi connectivity index (χ4n) is 8.81. The van der Waals surface area contributed by atoms with Crippen LogP contribution in [0.5, 0.6) is 0 Å². The summed E-state index contributed by atoms with van der Waals surface area (Å²) >= 11 is 1.84. The normalized spacial score (nSPS) is 12.3. The molecular formula is C54H34N4S. The van der Waals surface area contributed by atoms with E-state index in [-0.39, 0.29) is 0 Å². The fraction of sp³-hybridized carbons (Fsp3) is 0. The topological polar surface area (TPSA) is 34.0 Å². The molecule has 4 nitrogen and oxygen atoms in total. The van der Waals surface area contributed by atoms with Crippen LogP contribution in [-0.4, -0.2) is 14.5 Å². The molecule has 0 bridgehead atoms. The van der Waals surface area contributed by atoms with E-state index in [2.05, 4.69) is 216 Å². The second kappa shape index (κ2) is 13.6. The first-order chi connectivity index (χ1) is 29.2. The summed E-state index contributed by atoms with van der Waals surface area (Å²) in [4.78, 5) is 15.5. The van der Waals surface area contributed by atoms with Crippen LogP contribution in [0.4, 0.5) is 17.1 Å². The number of hydrogen-bond donors (Lipinski definition) is 0. The molecule has 3 heterocycles. The molecule has 0 amide bonds. The molecule has 0 saturated heterocycles. The van der Waals surface area contributed by atoms with Crippen molar-refractivity contribution in [3.63, 3.8) is 0 Å². The van der Waals surface area contributed by atoms with Gasteiger partial charge in [-0.15, -0.1) is 0 Å². The van der Waals surface area contributed by atoms with Gasteiger partial charge < -0.3 is 4.90 Å². The summed E-state index contributed by atoms with van der Waals surface area (Å²) in [6.07, 6.45) is 0. The highest BCUT2D eigenvalue weighted by Gasteiger charge is 2.26. The minimum absolute atomic E-state index is 0.652. The third kappa shape index (κ3) is 5.54. The maximum Gasteiger partial charge on any atom is 0.235 e. The summed E-state index contributed by atoms with van der Waals surface area (Å²) in [5, 5.41) is 5.80. The van der Waals surface area contributed by atoms with Gasteiger partial charge in [0.1, 0.15) is 0 Å². The zero-order valence-corrected chi connectivity index (χ0v) is 32.6. The van der Waals surface area contributed by atoms with Gasteiger partial charge in [-0.3, -0.25) is 4.57 Å². The van der Waals surface area contributed by atoms with Crippen molar-refractivity contribution in [1.82, 2.24) is 14.5 Å². The van der Waals surface area contributed by atoms with Crippen LogP contribution in [0.2, 0.25) is 0 Å². The number of aromatic nitrogens is 3. The summed E-state index contributed by atoms with van der Waals surface area (Å²) in [7, 11) is 0. The van der Waals surface area contributed by atoms with Gasteiger partial charge in [0.25, 0.3) is 0 Å². The van der Waals surface area contributed by atoms with Gasteiger partial charge in [0.15, 0.2) is 0 Å². The zero-order chi connectivity index (χ0) is 38.9. The molecule has 0 radical (unpaired) electrons. The number of para-hydroxylation sites is 3. The second-order valence-electron chi connectivity index (χ2n) is 15.0. The minimum Gasteiger partial charge on any atom is -0.308 e. The number of benzene rings is 9. The first-order valence-electron chi connectivity index (χ1n) is 19.9. The highest BCUT2D eigenvalue weighted by molar-refractivity contribution is 7.99. The van der Waals surface area contributed by atoms with Crippen molar-refractivity contribution in [3.05, 3.63) is 206 Å². The van der Waals surface area contributed by atoms with Crippen LogP contribution in [0.25, 0.3) is 82.9 Å². The number of nitrogens with zero attached hydrogens (tertiary/aromatic N) is 4. The fourth-order valence-corrected chi connectivity index (χ4v) is 9.91. The van der Waals surface area contributed by atoms with Gasteiger partial charge in [0.05, 0.1) is 33.6 Å². The summed E-state index contributed by atoms with van der Waals surface area (Å²) in [5.74, 6) is 0.652. The molecule has 0 unspecified atom stereocenters. The number of rotatable bonds is 5. The molecule has 5 heteroatoms. The van der Waals surface area contributed by atoms with Crippen molar-refractivity contribution < 1.29 is 0 Å². The van der Waals surface area contributed by atoms with E-state index >= 15 is 0 Å². The molecule has 59 heavy (non-hydrogen) atoms. The van der Waals surface area contributed by atoms with Crippen LogP contribution in [0.15, 0.2) is 216 Å². The Bertz CT molecular complexity index is 3410. The van der Waals surface area contributed by atoms with Gasteiger partial charge in [0.2, 0.25) is 5.95 Å². The standard InChI is InChI=1S/C54H34N4S/c1-3-13-35(14-4-1)36-23-25-38(26-24-36)53-43-19-9-10-20-45(43)55-54(56-53)58-46-30-28-39(33-44(46)52-42-18-8-7-15-37(42)27-32-49(52)58)40-29-31-48-51(34-40)59-50-22-12-11-21-47(50)57(48)41-16-5-2-6-17-41/h1-34H. The zero-order valence-electron chi connectivity index (χ0n) is 31.8. The van der Waals surface area contributed by atoms with Crippen LogP contribution in [0, 0.1) is 0 Å². The molecule has 0 aliphatic carbocycles. The SMILES string of the molecule is c1ccc(-c2ccc(-c3nc(-n4c5ccc(-c6ccc7c(c6)Sc6ccccc6N7c6ccccc6)cc5c5c6ccccc6ccc54)nc4ccccc34)cc2)cc1. The van der Waals surface area contributed by atoms with Crippen molar-refractivity contribution in [3.8, 4) is 39.5 Å². The highest BCUT2D eigenvalue weighted by atomic mass is 32.2. The summed E-state index contributed by atoms with van der Waals surface area (Å²) in [6.45, 7) is 0. The van der Waals surface area contributed by atoms with Crippen molar-refractivity contribution in [2.24, 2.45) is 0 Å². The van der Waals surface area contributed by atoms with Gasteiger partial charge in [-0.25, -0.2) is 9.97 Å². The maximum atomic E-state index is 5.42. The molecule has 1 aliphatic heterocycles. The van der Waals surface area contributed by atoms with Crippen LogP contribution >= 0.6 is 11.8 Å². The third-order valence-electron chi connectivity index (χ3n) is 11.6. The minimum atomic E-state index is 0.652. The molecule has 11 aromatic rings. The van der Waals surface area contributed by atoms with Gasteiger partial charge >= 0.3 is 0 Å². The first-order valence-corrected chi connectivity index (χ1v) is 20.7. The van der Waals surface area contributed by atoms with Crippen LogP contribution in [-0.2, 0) is 0 Å². The number of hydrogen-bond acceptors (Lipinski definition) is 4. The Balaban J connectivity index is 1.04. The first kappa shape index (κ1) is 33.6. The summed E-state index contributed by atoms with van der Waals surface area (Å²) in [6, 6.07) is 73.8. The molecule has 2 aromatic heterocycles. The Labute approximate surface area is 345 Å². The molecule has 0 fully saturated rings. The smallest absolute Gasteiger partial charge is 0.235 e. The Morgan fingerprint density at radius 3 is 1.88 bits per heavy atom. The van der Waals surface area contributed by atoms with Crippen LogP contribution in [0.3, 0.4) is 0 Å². The number of fused-ring (bicyclic) bond motifs is 8. The lowest BCUT2D eigenvalue weighted by Crippen LogP contribution is -2.14. The Morgan fingerprint density at radius 2 is 1.02 bits per heavy atom. The van der Waals surface area contributed by atoms with Crippen molar-refractivity contribution in [2.45, 2.75) is 9.79 Å². The van der Waals surface area contributed by atoms with E-state index in [1.165, 1.54) is 59.4 Å². The highest BCUT2D eigenvalue weighted by Crippen LogP contribution is 2.52. The predicted octanol–water partition coefficient (Wildman–Crippen LogP) is 14.8. The van der Waals surface area contributed by atoms with Crippen LogP contribution < -0.4 is 4.90 Å². The third-order valence-corrected chi connectivity index (χ3v) is 12.7. The largest absolute Gasteiger partial charge is 0.308 e. The lowest BCUT2D eigenvalue weighted by molar-refractivity contribution is 1.01. The molecule has 12 rings (SSSR count). The van der Waals surface area contributed by atoms with Gasteiger partial charge in [-0.1, -0.05) is 157 Å². The Kier molecular flexibility index (Phi) is 7.75. The van der Waals surface area contributed by atoms with Gasteiger partial charge in [0, 0.05) is 37.2 Å². The molecule has 0 saturated carbocycles. The molecule has 0 spiro atoms.